The van der Waals surface area contributed by atoms with Gasteiger partial charge in [-0.2, -0.15) is 13.2 Å². The molecule has 0 saturated heterocycles. The van der Waals surface area contributed by atoms with Crippen molar-refractivity contribution in [1.29, 1.82) is 0 Å². The van der Waals surface area contributed by atoms with Crippen LogP contribution in [0, 0.1) is 0 Å². The van der Waals surface area contributed by atoms with Crippen LogP contribution in [0.2, 0.25) is 0 Å². The molecule has 5 nitrogen and oxygen atoms in total. The maximum atomic E-state index is 12.6. The molecule has 0 aliphatic carbocycles. The summed E-state index contributed by atoms with van der Waals surface area (Å²) in [6.45, 7) is 0. The molecule has 0 saturated carbocycles. The van der Waals surface area contributed by atoms with Gasteiger partial charge in [-0.1, -0.05) is 30.3 Å². The topological polar surface area (TPSA) is 78.4 Å². The Morgan fingerprint density at radius 1 is 1.07 bits per heavy atom. The lowest BCUT2D eigenvalue weighted by molar-refractivity contribution is -0.137. The predicted molar refractivity (Wildman–Crippen MR) is 91.7 cm³/mol. The highest BCUT2D eigenvalue weighted by Gasteiger charge is 2.33. The second kappa shape index (κ2) is 7.14. The monoisotopic (exact) mass is 376 g/mol. The van der Waals surface area contributed by atoms with Crippen molar-refractivity contribution in [2.24, 2.45) is 0 Å². The van der Waals surface area contributed by atoms with Crippen LogP contribution in [0.15, 0.2) is 65.9 Å². The number of carbonyl (C=O) groups is 2. The van der Waals surface area contributed by atoms with Gasteiger partial charge in [0.2, 0.25) is 0 Å². The summed E-state index contributed by atoms with van der Waals surface area (Å²) in [5.74, 6) is -2.02. The maximum Gasteiger partial charge on any atom is 0.416 e. The standard InChI is InChI=1S/C19H15F3N2O3/c20-19(21,22)12-6-8-13(9-7-12)23-17(26)16-15(25)10-14(24-18(16)27)11-4-2-1-3-5-11/h1-9,14,25H,10H2,(H,23,26)(H,24,27). The zero-order chi connectivity index (χ0) is 19.6. The molecule has 1 aliphatic heterocycles. The van der Waals surface area contributed by atoms with Gasteiger partial charge in [0.25, 0.3) is 11.8 Å². The van der Waals surface area contributed by atoms with E-state index in [0.717, 1.165) is 29.8 Å². The minimum Gasteiger partial charge on any atom is -0.511 e. The van der Waals surface area contributed by atoms with Crippen LogP contribution >= 0.6 is 0 Å². The fourth-order valence-electron chi connectivity index (χ4n) is 2.76. The number of alkyl halides is 3. The van der Waals surface area contributed by atoms with Crippen molar-refractivity contribution in [3.05, 3.63) is 77.1 Å². The SMILES string of the molecule is O=C(Nc1ccc(C(F)(F)F)cc1)C1=C(O)CC(c2ccccc2)NC1=O. The molecule has 1 unspecified atom stereocenters. The summed E-state index contributed by atoms with van der Waals surface area (Å²) in [7, 11) is 0. The highest BCUT2D eigenvalue weighted by atomic mass is 19.4. The lowest BCUT2D eigenvalue weighted by Gasteiger charge is -2.25. The Balaban J connectivity index is 1.75. The lowest BCUT2D eigenvalue weighted by atomic mass is 9.96. The summed E-state index contributed by atoms with van der Waals surface area (Å²) in [4.78, 5) is 24.6. The van der Waals surface area contributed by atoms with E-state index in [1.54, 1.807) is 24.3 Å². The number of benzene rings is 2. The fourth-order valence-corrected chi connectivity index (χ4v) is 2.76. The molecule has 8 heteroatoms. The molecule has 0 bridgehead atoms. The van der Waals surface area contributed by atoms with E-state index in [-0.39, 0.29) is 17.9 Å². The minimum absolute atomic E-state index is 0.0333. The average molecular weight is 376 g/mol. The van der Waals surface area contributed by atoms with Gasteiger partial charge in [0, 0.05) is 12.1 Å². The number of anilines is 1. The number of nitrogens with one attached hydrogen (secondary N) is 2. The van der Waals surface area contributed by atoms with Crippen molar-refractivity contribution in [1.82, 2.24) is 5.32 Å². The number of aliphatic hydroxyl groups is 1. The van der Waals surface area contributed by atoms with Gasteiger partial charge in [0.05, 0.1) is 11.6 Å². The third-order valence-electron chi connectivity index (χ3n) is 4.12. The third kappa shape index (κ3) is 4.11. The molecule has 2 aromatic carbocycles. The summed E-state index contributed by atoms with van der Waals surface area (Å²) in [5.41, 5.74) is -0.461. The van der Waals surface area contributed by atoms with Crippen LogP contribution in [0.4, 0.5) is 18.9 Å². The highest BCUT2D eigenvalue weighted by Crippen LogP contribution is 2.30. The van der Waals surface area contributed by atoms with E-state index in [1.807, 2.05) is 6.07 Å². The molecule has 1 aliphatic rings. The Labute approximate surface area is 152 Å². The zero-order valence-corrected chi connectivity index (χ0v) is 13.9. The molecule has 0 spiro atoms. The molecular weight excluding hydrogens is 361 g/mol. The molecule has 3 rings (SSSR count). The first-order valence-corrected chi connectivity index (χ1v) is 8.02. The summed E-state index contributed by atoms with van der Waals surface area (Å²) in [6.07, 6.45) is -4.45. The van der Waals surface area contributed by atoms with E-state index in [4.69, 9.17) is 0 Å². The number of rotatable bonds is 3. The van der Waals surface area contributed by atoms with Gasteiger partial charge in [-0.15, -0.1) is 0 Å². The van der Waals surface area contributed by atoms with Gasteiger partial charge < -0.3 is 15.7 Å². The molecule has 3 N–H and O–H groups in total. The van der Waals surface area contributed by atoms with Gasteiger partial charge in [-0.3, -0.25) is 9.59 Å². The van der Waals surface area contributed by atoms with Crippen LogP contribution in [0.5, 0.6) is 0 Å². The molecule has 1 atom stereocenters. The Kier molecular flexibility index (Phi) is 4.89. The number of hydrogen-bond donors (Lipinski definition) is 3. The van der Waals surface area contributed by atoms with E-state index in [9.17, 15) is 27.9 Å². The smallest absolute Gasteiger partial charge is 0.416 e. The van der Waals surface area contributed by atoms with Gasteiger partial charge in [-0.05, 0) is 29.8 Å². The number of aliphatic hydroxyl groups excluding tert-OH is 1. The van der Waals surface area contributed by atoms with Gasteiger partial charge >= 0.3 is 6.18 Å². The first kappa shape index (κ1) is 18.5. The third-order valence-corrected chi connectivity index (χ3v) is 4.12. The van der Waals surface area contributed by atoms with E-state index in [2.05, 4.69) is 10.6 Å². The molecular formula is C19H15F3N2O3. The molecule has 2 amide bonds. The molecule has 0 fully saturated rings. The highest BCUT2D eigenvalue weighted by molar-refractivity contribution is 6.23. The van der Waals surface area contributed by atoms with Crippen LogP contribution in [0.25, 0.3) is 0 Å². The van der Waals surface area contributed by atoms with Crippen molar-refractivity contribution in [2.45, 2.75) is 18.6 Å². The van der Waals surface area contributed by atoms with Gasteiger partial charge in [0.1, 0.15) is 11.3 Å². The van der Waals surface area contributed by atoms with Crippen molar-refractivity contribution >= 4 is 17.5 Å². The van der Waals surface area contributed by atoms with Crippen molar-refractivity contribution < 1.29 is 27.9 Å². The predicted octanol–water partition coefficient (Wildman–Crippen LogP) is 3.72. The first-order valence-electron chi connectivity index (χ1n) is 8.02. The molecule has 2 aromatic rings. The Morgan fingerprint density at radius 2 is 1.70 bits per heavy atom. The second-order valence-corrected chi connectivity index (χ2v) is 5.99. The minimum atomic E-state index is -4.49. The Morgan fingerprint density at radius 3 is 2.26 bits per heavy atom. The van der Waals surface area contributed by atoms with Gasteiger partial charge in [-0.25, -0.2) is 0 Å². The average Bonchev–Trinajstić information content (AvgIpc) is 2.61. The maximum absolute atomic E-state index is 12.6. The molecule has 0 radical (unpaired) electrons. The summed E-state index contributed by atoms with van der Waals surface area (Å²) in [6, 6.07) is 12.3. The number of halogens is 3. The number of amides is 2. The van der Waals surface area contributed by atoms with Crippen LogP contribution in [0.3, 0.4) is 0 Å². The first-order chi connectivity index (χ1) is 12.8. The zero-order valence-electron chi connectivity index (χ0n) is 13.9. The van der Waals surface area contributed by atoms with E-state index < -0.39 is 35.2 Å². The Hall–Kier alpha value is -3.29. The van der Waals surface area contributed by atoms with Crippen molar-refractivity contribution in [2.75, 3.05) is 5.32 Å². The normalized spacial score (nSPS) is 17.4. The fraction of sp³-hybridized carbons (Fsp3) is 0.158. The number of carbonyl (C=O) groups excluding carboxylic acids is 2. The number of hydrogen-bond acceptors (Lipinski definition) is 3. The second-order valence-electron chi connectivity index (χ2n) is 5.99. The largest absolute Gasteiger partial charge is 0.511 e. The van der Waals surface area contributed by atoms with Crippen LogP contribution in [0.1, 0.15) is 23.6 Å². The van der Waals surface area contributed by atoms with E-state index >= 15 is 0 Å². The quantitative estimate of drug-likeness (QED) is 0.715. The van der Waals surface area contributed by atoms with Crippen LogP contribution < -0.4 is 10.6 Å². The summed E-state index contributed by atoms with van der Waals surface area (Å²) < 4.78 is 37.7. The van der Waals surface area contributed by atoms with Crippen molar-refractivity contribution in [3.8, 4) is 0 Å². The van der Waals surface area contributed by atoms with Crippen LogP contribution in [-0.4, -0.2) is 16.9 Å². The molecule has 27 heavy (non-hydrogen) atoms. The summed E-state index contributed by atoms with van der Waals surface area (Å²) in [5, 5.41) is 15.1. The lowest BCUT2D eigenvalue weighted by Crippen LogP contribution is -2.39. The summed E-state index contributed by atoms with van der Waals surface area (Å²) >= 11 is 0. The molecule has 1 heterocycles. The van der Waals surface area contributed by atoms with Crippen LogP contribution in [-0.2, 0) is 15.8 Å². The Bertz CT molecular complexity index is 891. The van der Waals surface area contributed by atoms with E-state index in [1.165, 1.54) is 0 Å². The molecule has 140 valence electrons. The van der Waals surface area contributed by atoms with Gasteiger partial charge in [0.15, 0.2) is 0 Å². The molecule has 0 aromatic heterocycles. The van der Waals surface area contributed by atoms with E-state index in [0.29, 0.717) is 0 Å². The van der Waals surface area contributed by atoms with Crippen molar-refractivity contribution in [3.63, 3.8) is 0 Å².